The van der Waals surface area contributed by atoms with Crippen molar-refractivity contribution in [3.8, 4) is 6.07 Å². The number of unbranched alkanes of at least 4 members (excludes halogenated alkanes) is 3. The molecule has 0 radical (unpaired) electrons. The number of allylic oxidation sites excluding steroid dienone is 5. The maximum atomic E-state index is 9.94. The fraction of sp³-hybridized carbons (Fsp3) is 0.640. The molecule has 158 valence electrons. The van der Waals surface area contributed by atoms with Crippen molar-refractivity contribution in [2.24, 2.45) is 11.3 Å². The normalized spacial score (nSPS) is 15.6. The van der Waals surface area contributed by atoms with E-state index in [1.807, 2.05) is 18.2 Å². The molecule has 0 aromatic carbocycles. The third-order valence-electron chi connectivity index (χ3n) is 5.39. The first-order valence-corrected chi connectivity index (χ1v) is 10.9. The van der Waals surface area contributed by atoms with Crippen molar-refractivity contribution in [1.82, 2.24) is 0 Å². The van der Waals surface area contributed by atoms with Gasteiger partial charge in [-0.1, -0.05) is 69.1 Å². The van der Waals surface area contributed by atoms with E-state index in [1.54, 1.807) is 0 Å². The molecular formula is C25H41NO2. The van der Waals surface area contributed by atoms with Crippen LogP contribution in [0.5, 0.6) is 0 Å². The molecule has 3 nitrogen and oxygen atoms in total. The second-order valence-corrected chi connectivity index (χ2v) is 7.39. The molecule has 0 aromatic rings. The largest absolute Gasteiger partial charge is 0.396 e. The zero-order valence-electron chi connectivity index (χ0n) is 18.1. The van der Waals surface area contributed by atoms with Crippen molar-refractivity contribution >= 4 is 0 Å². The number of hydrogen-bond donors (Lipinski definition) is 2. The lowest BCUT2D eigenvalue weighted by Gasteiger charge is -2.27. The minimum atomic E-state index is -0.503. The highest BCUT2D eigenvalue weighted by atomic mass is 16.3. The molecule has 0 rings (SSSR count). The number of rotatable bonds is 17. The molecular weight excluding hydrogens is 346 g/mol. The van der Waals surface area contributed by atoms with Gasteiger partial charge in [-0.05, 0) is 56.9 Å². The Morgan fingerprint density at radius 1 is 1.11 bits per heavy atom. The van der Waals surface area contributed by atoms with Gasteiger partial charge in [0.05, 0.1) is 11.5 Å². The number of nitriles is 1. The molecule has 0 aliphatic carbocycles. The molecule has 2 atom stereocenters. The van der Waals surface area contributed by atoms with Gasteiger partial charge in [0.15, 0.2) is 0 Å². The summed E-state index contributed by atoms with van der Waals surface area (Å²) < 4.78 is 0. The predicted molar refractivity (Wildman–Crippen MR) is 120 cm³/mol. The Balaban J connectivity index is 4.69. The van der Waals surface area contributed by atoms with Gasteiger partial charge in [0.25, 0.3) is 0 Å². The molecule has 0 spiro atoms. The van der Waals surface area contributed by atoms with E-state index in [-0.39, 0.29) is 13.2 Å². The van der Waals surface area contributed by atoms with Crippen LogP contribution in [0.1, 0.15) is 78.1 Å². The molecule has 0 aliphatic rings. The minimum absolute atomic E-state index is 0.0836. The third kappa shape index (κ3) is 10.6. The first kappa shape index (κ1) is 26.4. The summed E-state index contributed by atoms with van der Waals surface area (Å²) in [7, 11) is 0. The van der Waals surface area contributed by atoms with Gasteiger partial charge in [-0.3, -0.25) is 0 Å². The number of aliphatic hydroxyl groups is 2. The summed E-state index contributed by atoms with van der Waals surface area (Å²) in [6.45, 7) is 8.25. The van der Waals surface area contributed by atoms with E-state index in [4.69, 9.17) is 5.11 Å². The monoisotopic (exact) mass is 387 g/mol. The van der Waals surface area contributed by atoms with E-state index < -0.39 is 5.41 Å². The molecule has 0 amide bonds. The third-order valence-corrected chi connectivity index (χ3v) is 5.39. The summed E-state index contributed by atoms with van der Waals surface area (Å²) in [6, 6.07) is 2.56. The predicted octanol–water partition coefficient (Wildman–Crippen LogP) is 6.26. The number of nitrogens with zero attached hydrogens (tertiary/aromatic N) is 1. The summed E-state index contributed by atoms with van der Waals surface area (Å²) in [5.41, 5.74) is 0.481. The van der Waals surface area contributed by atoms with Gasteiger partial charge < -0.3 is 10.2 Å². The van der Waals surface area contributed by atoms with Gasteiger partial charge in [-0.25, -0.2) is 0 Å². The SMILES string of the molecule is C=CC(C/C=C/C)CCCCCCC(C#N)(CC)C(/C=C\CCO)=C/CCO. The van der Waals surface area contributed by atoms with Crippen LogP contribution in [0.15, 0.2) is 48.6 Å². The maximum Gasteiger partial charge on any atom is 0.0816 e. The molecule has 2 unspecified atom stereocenters. The molecule has 0 aromatic heterocycles. The van der Waals surface area contributed by atoms with E-state index in [9.17, 15) is 10.4 Å². The van der Waals surface area contributed by atoms with Crippen LogP contribution in [0.3, 0.4) is 0 Å². The summed E-state index contributed by atoms with van der Waals surface area (Å²) >= 11 is 0. The van der Waals surface area contributed by atoms with Crippen molar-refractivity contribution < 1.29 is 10.2 Å². The molecule has 28 heavy (non-hydrogen) atoms. The summed E-state index contributed by atoms with van der Waals surface area (Å²) in [6.07, 6.45) is 21.8. The molecule has 2 N–H and O–H groups in total. The Labute approximate surface area is 173 Å². The molecule has 0 aliphatic heterocycles. The summed E-state index contributed by atoms with van der Waals surface area (Å²) in [4.78, 5) is 0. The Kier molecular flexibility index (Phi) is 16.5. The quantitative estimate of drug-likeness (QED) is 0.176. The van der Waals surface area contributed by atoms with E-state index in [1.165, 1.54) is 19.3 Å². The fourth-order valence-electron chi connectivity index (χ4n) is 3.48. The average Bonchev–Trinajstić information content (AvgIpc) is 2.73. The smallest absolute Gasteiger partial charge is 0.0816 e. The van der Waals surface area contributed by atoms with Crippen molar-refractivity contribution in [1.29, 1.82) is 5.26 Å². The first-order chi connectivity index (χ1) is 13.6. The van der Waals surface area contributed by atoms with Crippen molar-refractivity contribution in [2.75, 3.05) is 13.2 Å². The molecule has 0 heterocycles. The zero-order valence-corrected chi connectivity index (χ0v) is 18.1. The van der Waals surface area contributed by atoms with E-state index in [0.29, 0.717) is 18.8 Å². The van der Waals surface area contributed by atoms with E-state index in [0.717, 1.165) is 37.7 Å². The average molecular weight is 388 g/mol. The zero-order chi connectivity index (χ0) is 21.1. The Morgan fingerprint density at radius 3 is 2.39 bits per heavy atom. The Morgan fingerprint density at radius 2 is 1.82 bits per heavy atom. The van der Waals surface area contributed by atoms with Crippen LogP contribution in [0.4, 0.5) is 0 Å². The van der Waals surface area contributed by atoms with Gasteiger partial charge in [0, 0.05) is 13.2 Å². The van der Waals surface area contributed by atoms with Crippen LogP contribution in [0.25, 0.3) is 0 Å². The van der Waals surface area contributed by atoms with Crippen LogP contribution >= 0.6 is 0 Å². The van der Waals surface area contributed by atoms with Crippen LogP contribution in [0, 0.1) is 22.7 Å². The molecule has 0 saturated heterocycles. The second-order valence-electron chi connectivity index (χ2n) is 7.39. The molecule has 0 bridgehead atoms. The van der Waals surface area contributed by atoms with Crippen molar-refractivity contribution in [2.45, 2.75) is 78.1 Å². The maximum absolute atomic E-state index is 9.94. The fourth-order valence-corrected chi connectivity index (χ4v) is 3.48. The van der Waals surface area contributed by atoms with Gasteiger partial charge in [0.2, 0.25) is 0 Å². The van der Waals surface area contributed by atoms with Gasteiger partial charge >= 0.3 is 0 Å². The summed E-state index contributed by atoms with van der Waals surface area (Å²) in [5, 5.41) is 28.1. The van der Waals surface area contributed by atoms with Gasteiger partial charge in [0.1, 0.15) is 0 Å². The van der Waals surface area contributed by atoms with Crippen LogP contribution in [-0.2, 0) is 0 Å². The Hall–Kier alpha value is -1.63. The van der Waals surface area contributed by atoms with Crippen LogP contribution in [-0.4, -0.2) is 23.4 Å². The highest BCUT2D eigenvalue weighted by Gasteiger charge is 2.30. The lowest BCUT2D eigenvalue weighted by Crippen LogP contribution is -2.20. The Bertz CT molecular complexity index is 527. The van der Waals surface area contributed by atoms with Gasteiger partial charge in [-0.15, -0.1) is 6.58 Å². The minimum Gasteiger partial charge on any atom is -0.396 e. The topological polar surface area (TPSA) is 64.2 Å². The molecule has 0 saturated carbocycles. The second kappa shape index (κ2) is 17.5. The van der Waals surface area contributed by atoms with Gasteiger partial charge in [-0.2, -0.15) is 5.26 Å². The molecule has 3 heteroatoms. The van der Waals surface area contributed by atoms with Crippen LogP contribution in [0.2, 0.25) is 0 Å². The summed E-state index contributed by atoms with van der Waals surface area (Å²) in [5.74, 6) is 0.565. The standard InChI is InChI=1S/C25H41NO2/c1-4-7-15-23(5-2)16-10-8-9-12-19-25(6-3,22-26)24(18-14-21-28)17-11-13-20-27/h4-5,7,11,17-18,23,27-28H,2,6,8-10,12-16,19-21H2,1,3H3/b7-4+,17-11-,24-18+. The number of hydrogen-bond acceptors (Lipinski definition) is 3. The first-order valence-electron chi connectivity index (χ1n) is 10.9. The lowest BCUT2D eigenvalue weighted by atomic mass is 9.74. The van der Waals surface area contributed by atoms with Crippen molar-refractivity contribution in [3.05, 3.63) is 48.6 Å². The van der Waals surface area contributed by atoms with Crippen LogP contribution < -0.4 is 0 Å². The number of aliphatic hydroxyl groups excluding tert-OH is 2. The van der Waals surface area contributed by atoms with Crippen molar-refractivity contribution in [3.63, 3.8) is 0 Å². The highest BCUT2D eigenvalue weighted by Crippen LogP contribution is 2.38. The highest BCUT2D eigenvalue weighted by molar-refractivity contribution is 5.33. The van der Waals surface area contributed by atoms with E-state index in [2.05, 4.69) is 44.7 Å². The molecule has 0 fully saturated rings. The van der Waals surface area contributed by atoms with E-state index >= 15 is 0 Å². The lowest BCUT2D eigenvalue weighted by molar-refractivity contribution is 0.300.